The zero-order valence-corrected chi connectivity index (χ0v) is 17.0. The molecule has 0 N–H and O–H groups in total. The van der Waals surface area contributed by atoms with Crippen molar-refractivity contribution in [1.82, 2.24) is 3.97 Å². The van der Waals surface area contributed by atoms with Crippen LogP contribution < -0.4 is 4.90 Å². The van der Waals surface area contributed by atoms with Gasteiger partial charge in [-0.15, -0.1) is 0 Å². The van der Waals surface area contributed by atoms with Crippen molar-refractivity contribution in [3.63, 3.8) is 0 Å². The van der Waals surface area contributed by atoms with Gasteiger partial charge in [0.2, 0.25) is 0 Å². The van der Waals surface area contributed by atoms with Gasteiger partial charge in [-0.3, -0.25) is 4.99 Å². The highest BCUT2D eigenvalue weighted by Crippen LogP contribution is 2.26. The van der Waals surface area contributed by atoms with Crippen LogP contribution in [0.25, 0.3) is 10.9 Å². The van der Waals surface area contributed by atoms with Crippen LogP contribution in [0.2, 0.25) is 0 Å². The second-order valence-electron chi connectivity index (χ2n) is 6.88. The molecule has 0 atom stereocenters. The Morgan fingerprint density at radius 2 is 1.52 bits per heavy atom. The average Bonchev–Trinajstić information content (AvgIpc) is 3.12. The number of anilines is 1. The van der Waals surface area contributed by atoms with E-state index in [4.69, 9.17) is 0 Å². The first-order chi connectivity index (χ1) is 14.0. The molecule has 29 heavy (non-hydrogen) atoms. The minimum atomic E-state index is -3.76. The molecule has 0 aliphatic carbocycles. The van der Waals surface area contributed by atoms with Gasteiger partial charge in [0, 0.05) is 25.2 Å². The number of fused-ring (bicyclic) bond motifs is 1. The van der Waals surface area contributed by atoms with Crippen molar-refractivity contribution in [1.29, 1.82) is 0 Å². The summed E-state index contributed by atoms with van der Waals surface area (Å²) >= 11 is 0. The number of benzene rings is 3. The fourth-order valence-corrected chi connectivity index (χ4v) is 4.70. The molecule has 4 rings (SSSR count). The van der Waals surface area contributed by atoms with Crippen molar-refractivity contribution in [2.75, 3.05) is 19.0 Å². The van der Waals surface area contributed by atoms with E-state index in [2.05, 4.69) is 4.99 Å². The third kappa shape index (κ3) is 3.67. The van der Waals surface area contributed by atoms with Crippen LogP contribution in [-0.2, 0) is 10.0 Å². The smallest absolute Gasteiger partial charge is 0.268 e. The zero-order valence-electron chi connectivity index (χ0n) is 16.2. The molecule has 0 fully saturated rings. The van der Waals surface area contributed by atoms with Gasteiger partial charge in [0.15, 0.2) is 0 Å². The van der Waals surface area contributed by atoms with Gasteiger partial charge < -0.3 is 4.90 Å². The van der Waals surface area contributed by atoms with Gasteiger partial charge in [-0.2, -0.15) is 0 Å². The predicted molar refractivity (Wildman–Crippen MR) is 119 cm³/mol. The van der Waals surface area contributed by atoms with Crippen LogP contribution in [0, 0.1) is 0 Å². The summed E-state index contributed by atoms with van der Waals surface area (Å²) < 4.78 is 28.1. The van der Waals surface area contributed by atoms with Gasteiger partial charge in [-0.05, 0) is 48.5 Å². The number of para-hydroxylation sites is 1. The van der Waals surface area contributed by atoms with Gasteiger partial charge >= 0.3 is 0 Å². The SMILES string of the molecule is CN(C)c1ccc(N=Cc2cc3ccccc3n2S(=O)(=O)c2ccccc2)cc1. The van der Waals surface area contributed by atoms with Gasteiger partial charge in [0.05, 0.1) is 28.0 Å². The number of aromatic nitrogens is 1. The van der Waals surface area contributed by atoms with Crippen LogP contribution in [0.1, 0.15) is 5.69 Å². The van der Waals surface area contributed by atoms with Crippen LogP contribution >= 0.6 is 0 Å². The van der Waals surface area contributed by atoms with E-state index in [1.165, 1.54) is 3.97 Å². The topological polar surface area (TPSA) is 54.7 Å². The Labute approximate surface area is 170 Å². The summed E-state index contributed by atoms with van der Waals surface area (Å²) in [7, 11) is 0.198. The number of rotatable bonds is 5. The Morgan fingerprint density at radius 3 is 2.21 bits per heavy atom. The van der Waals surface area contributed by atoms with E-state index >= 15 is 0 Å². The Kier molecular flexibility index (Phi) is 4.94. The third-order valence-corrected chi connectivity index (χ3v) is 6.44. The van der Waals surface area contributed by atoms with Crippen LogP contribution in [0.3, 0.4) is 0 Å². The number of hydrogen-bond donors (Lipinski definition) is 0. The minimum Gasteiger partial charge on any atom is -0.378 e. The number of hydrogen-bond acceptors (Lipinski definition) is 4. The molecule has 0 aliphatic rings. The molecule has 1 aromatic heterocycles. The summed E-state index contributed by atoms with van der Waals surface area (Å²) in [5.41, 5.74) is 2.96. The third-order valence-electron chi connectivity index (χ3n) is 4.69. The lowest BCUT2D eigenvalue weighted by molar-refractivity contribution is 0.589. The molecule has 0 amide bonds. The van der Waals surface area contributed by atoms with Gasteiger partial charge in [0.1, 0.15) is 0 Å². The molecular formula is C23H21N3O2S. The summed E-state index contributed by atoms with van der Waals surface area (Å²) in [6.45, 7) is 0. The highest BCUT2D eigenvalue weighted by Gasteiger charge is 2.22. The van der Waals surface area contributed by atoms with E-state index in [0.717, 1.165) is 16.8 Å². The first-order valence-corrected chi connectivity index (χ1v) is 10.6. The van der Waals surface area contributed by atoms with E-state index < -0.39 is 10.0 Å². The molecule has 146 valence electrons. The summed E-state index contributed by atoms with van der Waals surface area (Å²) in [5, 5.41) is 0.844. The van der Waals surface area contributed by atoms with Gasteiger partial charge in [-0.1, -0.05) is 36.4 Å². The first-order valence-electron chi connectivity index (χ1n) is 9.19. The standard InChI is InChI=1S/C23H21N3O2S/c1-25(2)20-14-12-19(13-15-20)24-17-21-16-18-8-6-7-11-23(18)26(21)29(27,28)22-9-4-3-5-10-22/h3-17H,1-2H3. The molecule has 0 bridgehead atoms. The highest BCUT2D eigenvalue weighted by molar-refractivity contribution is 7.90. The largest absolute Gasteiger partial charge is 0.378 e. The number of nitrogens with zero attached hydrogens (tertiary/aromatic N) is 3. The lowest BCUT2D eigenvalue weighted by atomic mass is 10.2. The average molecular weight is 404 g/mol. The van der Waals surface area contributed by atoms with Crippen molar-refractivity contribution in [3.05, 3.63) is 90.6 Å². The Hall–Kier alpha value is -3.38. The molecule has 0 saturated heterocycles. The normalized spacial score (nSPS) is 11.9. The molecule has 6 heteroatoms. The lowest BCUT2D eigenvalue weighted by Crippen LogP contribution is -2.15. The minimum absolute atomic E-state index is 0.242. The molecule has 0 aliphatic heterocycles. The second-order valence-corrected chi connectivity index (χ2v) is 8.67. The maximum Gasteiger partial charge on any atom is 0.268 e. The molecule has 0 radical (unpaired) electrons. The quantitative estimate of drug-likeness (QED) is 0.454. The molecule has 4 aromatic rings. The van der Waals surface area contributed by atoms with Crippen molar-refractivity contribution in [2.24, 2.45) is 4.99 Å². The van der Waals surface area contributed by atoms with Crippen LogP contribution in [0.5, 0.6) is 0 Å². The Bertz CT molecular complexity index is 1270. The molecular weight excluding hydrogens is 382 g/mol. The van der Waals surface area contributed by atoms with Crippen molar-refractivity contribution in [3.8, 4) is 0 Å². The first kappa shape index (κ1) is 19.0. The van der Waals surface area contributed by atoms with Gasteiger partial charge in [-0.25, -0.2) is 12.4 Å². The molecule has 1 heterocycles. The second kappa shape index (κ2) is 7.56. The highest BCUT2D eigenvalue weighted by atomic mass is 32.2. The van der Waals surface area contributed by atoms with E-state index in [1.54, 1.807) is 42.6 Å². The lowest BCUT2D eigenvalue weighted by Gasteiger charge is -2.11. The van der Waals surface area contributed by atoms with E-state index in [9.17, 15) is 8.42 Å². The van der Waals surface area contributed by atoms with Crippen LogP contribution in [0.4, 0.5) is 11.4 Å². The summed E-state index contributed by atoms with van der Waals surface area (Å²) in [6, 6.07) is 25.5. The van der Waals surface area contributed by atoms with Crippen molar-refractivity contribution < 1.29 is 8.42 Å². The molecule has 0 saturated carbocycles. The monoisotopic (exact) mass is 403 g/mol. The molecule has 0 spiro atoms. The molecule has 3 aromatic carbocycles. The maximum absolute atomic E-state index is 13.4. The van der Waals surface area contributed by atoms with Crippen LogP contribution in [0.15, 0.2) is 94.8 Å². The molecule has 5 nitrogen and oxygen atoms in total. The predicted octanol–water partition coefficient (Wildman–Crippen LogP) is 4.69. The molecule has 0 unspecified atom stereocenters. The Morgan fingerprint density at radius 1 is 0.862 bits per heavy atom. The fourth-order valence-electron chi connectivity index (χ4n) is 3.18. The van der Waals surface area contributed by atoms with Gasteiger partial charge in [0.25, 0.3) is 10.0 Å². The van der Waals surface area contributed by atoms with E-state index in [-0.39, 0.29) is 4.90 Å². The van der Waals surface area contributed by atoms with Crippen LogP contribution in [-0.4, -0.2) is 32.7 Å². The van der Waals surface area contributed by atoms with E-state index in [0.29, 0.717) is 11.2 Å². The number of aliphatic imine (C=N–C) groups is 1. The zero-order chi connectivity index (χ0) is 20.4. The maximum atomic E-state index is 13.4. The van der Waals surface area contributed by atoms with Crippen molar-refractivity contribution in [2.45, 2.75) is 4.90 Å². The van der Waals surface area contributed by atoms with Crippen molar-refractivity contribution >= 4 is 38.5 Å². The summed E-state index contributed by atoms with van der Waals surface area (Å²) in [6.07, 6.45) is 1.60. The Balaban J connectivity index is 1.82. The summed E-state index contributed by atoms with van der Waals surface area (Å²) in [4.78, 5) is 6.76. The summed E-state index contributed by atoms with van der Waals surface area (Å²) in [5.74, 6) is 0. The fraction of sp³-hybridized carbons (Fsp3) is 0.0870. The van der Waals surface area contributed by atoms with E-state index in [1.807, 2.05) is 67.5 Å².